The minimum absolute atomic E-state index is 0.0516. The summed E-state index contributed by atoms with van der Waals surface area (Å²) in [7, 11) is -0.974. The normalized spacial score (nSPS) is 12.8. The lowest BCUT2D eigenvalue weighted by Crippen LogP contribution is -2.38. The van der Waals surface area contributed by atoms with E-state index in [2.05, 4.69) is 10.6 Å². The van der Waals surface area contributed by atoms with Crippen LogP contribution in [0.25, 0.3) is 0 Å². The Morgan fingerprint density at radius 2 is 1.81 bits per heavy atom. The number of carbonyl (C=O) groups excluding carboxylic acids is 1. The summed E-state index contributed by atoms with van der Waals surface area (Å²) in [6, 6.07) is 7.09. The minimum atomic E-state index is -0.974. The molecule has 0 radical (unpaired) electrons. The van der Waals surface area contributed by atoms with Crippen molar-refractivity contribution in [3.8, 4) is 0 Å². The van der Waals surface area contributed by atoms with E-state index in [0.29, 0.717) is 18.8 Å². The van der Waals surface area contributed by atoms with Gasteiger partial charge in [0.15, 0.2) is 0 Å². The quantitative estimate of drug-likeness (QED) is 0.745. The van der Waals surface area contributed by atoms with E-state index in [-0.39, 0.29) is 17.4 Å². The molecule has 0 saturated heterocycles. The van der Waals surface area contributed by atoms with Gasteiger partial charge in [-0.15, -0.1) is 0 Å². The Kier molecular flexibility index (Phi) is 6.84. The molecule has 1 aromatic carbocycles. The van der Waals surface area contributed by atoms with E-state index < -0.39 is 10.8 Å². The maximum atomic E-state index is 11.8. The number of hydrogen-bond acceptors (Lipinski definition) is 3. The standard InChI is InChI=1S/C15H24N2O3S/c1-15(2,3)21(20)9-8-16-14(19)17-10-12-6-4-5-7-13(12)11-18/h4-7,18H,8-11H2,1-3H3,(H2,16,17,19). The fourth-order valence-electron chi connectivity index (χ4n) is 1.69. The van der Waals surface area contributed by atoms with Crippen LogP contribution in [0.4, 0.5) is 4.79 Å². The van der Waals surface area contributed by atoms with Crippen molar-refractivity contribution in [1.82, 2.24) is 10.6 Å². The van der Waals surface area contributed by atoms with Gasteiger partial charge in [-0.1, -0.05) is 24.3 Å². The maximum Gasteiger partial charge on any atom is 0.315 e. The number of urea groups is 1. The maximum absolute atomic E-state index is 11.8. The molecule has 3 N–H and O–H groups in total. The molecule has 0 bridgehead atoms. The highest BCUT2D eigenvalue weighted by atomic mass is 32.2. The Bertz CT molecular complexity index is 498. The zero-order chi connectivity index (χ0) is 15.9. The first-order valence-corrected chi connectivity index (χ1v) is 8.24. The third-order valence-corrected chi connectivity index (χ3v) is 4.93. The van der Waals surface area contributed by atoms with Crippen molar-refractivity contribution in [3.05, 3.63) is 35.4 Å². The van der Waals surface area contributed by atoms with E-state index in [0.717, 1.165) is 11.1 Å². The van der Waals surface area contributed by atoms with Gasteiger partial charge in [-0.2, -0.15) is 0 Å². The van der Waals surface area contributed by atoms with E-state index in [1.807, 2.05) is 45.0 Å². The average molecular weight is 312 g/mol. The summed E-state index contributed by atoms with van der Waals surface area (Å²) in [4.78, 5) is 11.7. The Balaban J connectivity index is 2.33. The molecule has 2 amide bonds. The van der Waals surface area contributed by atoms with Crippen molar-refractivity contribution in [2.45, 2.75) is 38.7 Å². The second-order valence-corrected chi connectivity index (χ2v) is 8.02. The molecule has 1 rings (SSSR count). The largest absolute Gasteiger partial charge is 0.392 e. The summed E-state index contributed by atoms with van der Waals surface area (Å²) in [6.45, 7) is 6.41. The van der Waals surface area contributed by atoms with Gasteiger partial charge in [0.05, 0.1) is 6.61 Å². The molecule has 1 atom stereocenters. The monoisotopic (exact) mass is 312 g/mol. The van der Waals surface area contributed by atoms with Crippen molar-refractivity contribution in [1.29, 1.82) is 0 Å². The Hall–Kier alpha value is -1.40. The lowest BCUT2D eigenvalue weighted by molar-refractivity contribution is 0.240. The molecule has 1 aromatic rings. The molecule has 0 aliphatic rings. The number of rotatable bonds is 6. The van der Waals surface area contributed by atoms with Crippen LogP contribution in [0.1, 0.15) is 31.9 Å². The third-order valence-electron chi connectivity index (χ3n) is 2.98. The molecule has 5 nitrogen and oxygen atoms in total. The van der Waals surface area contributed by atoms with Gasteiger partial charge in [-0.25, -0.2) is 4.79 Å². The van der Waals surface area contributed by atoms with Gasteiger partial charge in [0.2, 0.25) is 0 Å². The highest BCUT2D eigenvalue weighted by Crippen LogP contribution is 2.10. The van der Waals surface area contributed by atoms with Crippen molar-refractivity contribution in [3.63, 3.8) is 0 Å². The molecule has 0 spiro atoms. The molecule has 0 aliphatic carbocycles. The molecule has 6 heteroatoms. The average Bonchev–Trinajstić information content (AvgIpc) is 2.44. The smallest absolute Gasteiger partial charge is 0.315 e. The van der Waals surface area contributed by atoms with E-state index in [1.165, 1.54) is 0 Å². The minimum Gasteiger partial charge on any atom is -0.392 e. The molecule has 118 valence electrons. The first-order valence-electron chi connectivity index (χ1n) is 6.92. The molecule has 0 aliphatic heterocycles. The van der Waals surface area contributed by atoms with Crippen molar-refractivity contribution in [2.24, 2.45) is 0 Å². The summed E-state index contributed by atoms with van der Waals surface area (Å²) in [5.74, 6) is 0.435. The van der Waals surface area contributed by atoms with Crippen molar-refractivity contribution in [2.75, 3.05) is 12.3 Å². The van der Waals surface area contributed by atoms with Crippen LogP contribution >= 0.6 is 0 Å². The van der Waals surface area contributed by atoms with Crippen LogP contribution in [0.15, 0.2) is 24.3 Å². The Morgan fingerprint density at radius 3 is 2.38 bits per heavy atom. The van der Waals surface area contributed by atoms with Gasteiger partial charge in [-0.05, 0) is 31.9 Å². The predicted molar refractivity (Wildman–Crippen MR) is 85.4 cm³/mol. The number of aliphatic hydroxyl groups excluding tert-OH is 1. The zero-order valence-corrected chi connectivity index (χ0v) is 13.6. The van der Waals surface area contributed by atoms with Crippen LogP contribution < -0.4 is 10.6 Å². The summed E-state index contributed by atoms with van der Waals surface area (Å²) >= 11 is 0. The van der Waals surface area contributed by atoms with Crippen LogP contribution in [-0.2, 0) is 24.0 Å². The van der Waals surface area contributed by atoms with Crippen molar-refractivity contribution < 1.29 is 14.1 Å². The number of carbonyl (C=O) groups is 1. The Labute approximate surface area is 128 Å². The summed E-state index contributed by atoms with van der Waals surface area (Å²) < 4.78 is 11.6. The predicted octanol–water partition coefficient (Wildman–Crippen LogP) is 1.53. The lowest BCUT2D eigenvalue weighted by atomic mass is 10.1. The van der Waals surface area contributed by atoms with Gasteiger partial charge < -0.3 is 15.7 Å². The van der Waals surface area contributed by atoms with Crippen LogP contribution in [0.3, 0.4) is 0 Å². The molecule has 21 heavy (non-hydrogen) atoms. The molecule has 0 heterocycles. The highest BCUT2D eigenvalue weighted by molar-refractivity contribution is 7.86. The van der Waals surface area contributed by atoms with E-state index in [9.17, 15) is 14.1 Å². The molecular weight excluding hydrogens is 288 g/mol. The number of hydrogen-bond donors (Lipinski definition) is 3. The van der Waals surface area contributed by atoms with Crippen molar-refractivity contribution >= 4 is 16.8 Å². The van der Waals surface area contributed by atoms with E-state index in [1.54, 1.807) is 0 Å². The summed E-state index contributed by atoms with van der Waals surface area (Å²) in [6.07, 6.45) is 0. The fraction of sp³-hybridized carbons (Fsp3) is 0.533. The first kappa shape index (κ1) is 17.7. The van der Waals surface area contributed by atoms with Crippen LogP contribution in [-0.4, -0.2) is 32.4 Å². The fourth-order valence-corrected chi connectivity index (χ4v) is 2.59. The molecule has 0 aromatic heterocycles. The number of nitrogens with one attached hydrogen (secondary N) is 2. The number of benzene rings is 1. The first-order chi connectivity index (χ1) is 9.84. The third kappa shape index (κ3) is 6.27. The number of amides is 2. The second-order valence-electron chi connectivity index (χ2n) is 5.70. The molecule has 0 saturated carbocycles. The van der Waals surface area contributed by atoms with Gasteiger partial charge in [0, 0.05) is 34.4 Å². The van der Waals surface area contributed by atoms with Gasteiger partial charge in [-0.3, -0.25) is 4.21 Å². The van der Waals surface area contributed by atoms with Crippen LogP contribution in [0.2, 0.25) is 0 Å². The number of aliphatic hydroxyl groups is 1. The van der Waals surface area contributed by atoms with E-state index >= 15 is 0 Å². The lowest BCUT2D eigenvalue weighted by Gasteiger charge is -2.17. The Morgan fingerprint density at radius 1 is 1.19 bits per heavy atom. The topological polar surface area (TPSA) is 78.4 Å². The molecule has 1 unspecified atom stereocenters. The van der Waals surface area contributed by atoms with E-state index in [4.69, 9.17) is 0 Å². The molecule has 0 fully saturated rings. The van der Waals surface area contributed by atoms with Crippen LogP contribution in [0.5, 0.6) is 0 Å². The zero-order valence-electron chi connectivity index (χ0n) is 12.8. The summed E-state index contributed by atoms with van der Waals surface area (Å²) in [5, 5.41) is 14.6. The SMILES string of the molecule is CC(C)(C)S(=O)CCNC(=O)NCc1ccccc1CO. The highest BCUT2D eigenvalue weighted by Gasteiger charge is 2.18. The van der Waals surface area contributed by atoms with Gasteiger partial charge in [0.1, 0.15) is 0 Å². The summed E-state index contributed by atoms with van der Waals surface area (Å²) in [5.41, 5.74) is 1.68. The van der Waals surface area contributed by atoms with Gasteiger partial charge >= 0.3 is 6.03 Å². The molecular formula is C15H24N2O3S. The van der Waals surface area contributed by atoms with Crippen LogP contribution in [0, 0.1) is 0 Å². The second kappa shape index (κ2) is 8.14. The van der Waals surface area contributed by atoms with Gasteiger partial charge in [0.25, 0.3) is 0 Å².